The van der Waals surface area contributed by atoms with Gasteiger partial charge in [0.1, 0.15) is 0 Å². The van der Waals surface area contributed by atoms with Crippen LogP contribution in [0.3, 0.4) is 0 Å². The van der Waals surface area contributed by atoms with Gasteiger partial charge in [-0.1, -0.05) is 42.0 Å². The van der Waals surface area contributed by atoms with E-state index < -0.39 is 0 Å². The summed E-state index contributed by atoms with van der Waals surface area (Å²) in [6.07, 6.45) is 1.65. The van der Waals surface area contributed by atoms with Crippen molar-refractivity contribution in [1.29, 1.82) is 0 Å². The molecule has 1 unspecified atom stereocenters. The quantitative estimate of drug-likeness (QED) is 0.864. The monoisotopic (exact) mass is 365 g/mol. The van der Waals surface area contributed by atoms with E-state index in [0.29, 0.717) is 19.6 Å². The summed E-state index contributed by atoms with van der Waals surface area (Å²) in [6.45, 7) is 5.78. The van der Waals surface area contributed by atoms with E-state index in [1.54, 1.807) is 4.90 Å². The van der Waals surface area contributed by atoms with E-state index in [9.17, 15) is 9.59 Å². The van der Waals surface area contributed by atoms with Gasteiger partial charge >= 0.3 is 6.03 Å². The van der Waals surface area contributed by atoms with Crippen molar-refractivity contribution in [1.82, 2.24) is 10.2 Å². The van der Waals surface area contributed by atoms with E-state index in [2.05, 4.69) is 42.7 Å². The molecule has 1 aliphatic heterocycles. The predicted molar refractivity (Wildman–Crippen MR) is 108 cm³/mol. The molecule has 1 aliphatic rings. The second-order valence-electron chi connectivity index (χ2n) is 7.23. The first-order chi connectivity index (χ1) is 13.0. The molecule has 0 radical (unpaired) electrons. The highest BCUT2D eigenvalue weighted by atomic mass is 16.2. The first-order valence-electron chi connectivity index (χ1n) is 9.48. The molecule has 5 nitrogen and oxygen atoms in total. The van der Waals surface area contributed by atoms with Crippen LogP contribution in [0.4, 0.5) is 10.5 Å². The van der Waals surface area contributed by atoms with Crippen LogP contribution in [0.5, 0.6) is 0 Å². The molecule has 2 N–H and O–H groups in total. The average molecular weight is 365 g/mol. The smallest absolute Gasteiger partial charge is 0.321 e. The lowest BCUT2D eigenvalue weighted by molar-refractivity contribution is -0.126. The maximum absolute atomic E-state index is 12.6. The average Bonchev–Trinajstić information content (AvgIpc) is 2.68. The molecule has 0 saturated carbocycles. The summed E-state index contributed by atoms with van der Waals surface area (Å²) in [5.74, 6) is -0.141. The number of anilines is 1. The zero-order valence-electron chi connectivity index (χ0n) is 16.0. The molecule has 142 valence electrons. The van der Waals surface area contributed by atoms with Gasteiger partial charge in [-0.25, -0.2) is 4.79 Å². The van der Waals surface area contributed by atoms with Crippen LogP contribution in [0.15, 0.2) is 48.5 Å². The number of carbonyl (C=O) groups excluding carboxylic acids is 2. The molecule has 1 heterocycles. The van der Waals surface area contributed by atoms with Crippen LogP contribution in [-0.4, -0.2) is 29.9 Å². The van der Waals surface area contributed by atoms with Gasteiger partial charge in [0.05, 0.1) is 5.92 Å². The Morgan fingerprint density at radius 2 is 1.89 bits per heavy atom. The first-order valence-corrected chi connectivity index (χ1v) is 9.48. The maximum Gasteiger partial charge on any atom is 0.321 e. The topological polar surface area (TPSA) is 61.4 Å². The Kier molecular flexibility index (Phi) is 6.12. The van der Waals surface area contributed by atoms with E-state index in [0.717, 1.165) is 24.1 Å². The summed E-state index contributed by atoms with van der Waals surface area (Å²) in [5, 5.41) is 5.94. The van der Waals surface area contributed by atoms with Gasteiger partial charge in [0.2, 0.25) is 5.91 Å². The summed E-state index contributed by atoms with van der Waals surface area (Å²) in [6, 6.07) is 15.5. The van der Waals surface area contributed by atoms with Crippen LogP contribution in [0, 0.1) is 19.8 Å². The minimum atomic E-state index is -0.161. The Morgan fingerprint density at radius 3 is 2.63 bits per heavy atom. The van der Waals surface area contributed by atoms with Crippen molar-refractivity contribution in [2.45, 2.75) is 33.2 Å². The normalized spacial score (nSPS) is 16.7. The zero-order chi connectivity index (χ0) is 19.2. The van der Waals surface area contributed by atoms with E-state index in [4.69, 9.17) is 0 Å². The molecule has 0 spiro atoms. The molecule has 0 bridgehead atoms. The fourth-order valence-corrected chi connectivity index (χ4v) is 3.47. The lowest BCUT2D eigenvalue weighted by atomic mass is 9.97. The third-order valence-electron chi connectivity index (χ3n) is 5.06. The number of aryl methyl sites for hydroxylation is 2. The Bertz CT molecular complexity index is 804. The van der Waals surface area contributed by atoms with Crippen LogP contribution in [0.25, 0.3) is 0 Å². The second kappa shape index (κ2) is 8.71. The highest BCUT2D eigenvalue weighted by Crippen LogP contribution is 2.19. The predicted octanol–water partition coefficient (Wildman–Crippen LogP) is 3.86. The molecule has 1 saturated heterocycles. The number of hydrogen-bond donors (Lipinski definition) is 2. The van der Waals surface area contributed by atoms with Gasteiger partial charge in [0, 0.05) is 25.3 Å². The Morgan fingerprint density at radius 1 is 1.11 bits per heavy atom. The Balaban J connectivity index is 1.53. The van der Waals surface area contributed by atoms with Crippen molar-refractivity contribution in [3.05, 3.63) is 65.2 Å². The number of benzene rings is 2. The van der Waals surface area contributed by atoms with Gasteiger partial charge < -0.3 is 15.5 Å². The molecule has 3 rings (SSSR count). The van der Waals surface area contributed by atoms with Crippen molar-refractivity contribution in [3.8, 4) is 0 Å². The summed E-state index contributed by atoms with van der Waals surface area (Å²) in [4.78, 5) is 26.8. The third kappa shape index (κ3) is 5.09. The van der Waals surface area contributed by atoms with Crippen LogP contribution >= 0.6 is 0 Å². The standard InChI is InChI=1S/C22H27N3O2/c1-16-10-11-18(17(2)13-16)14-23-21(26)19-7-6-12-25(15-19)22(27)24-20-8-4-3-5-9-20/h3-5,8-11,13,19H,6-7,12,14-15H2,1-2H3,(H,23,26)(H,24,27). The number of nitrogens with one attached hydrogen (secondary N) is 2. The zero-order valence-corrected chi connectivity index (χ0v) is 16.0. The minimum absolute atomic E-state index is 0.0205. The number of para-hydroxylation sites is 1. The van der Waals surface area contributed by atoms with Gasteiger partial charge in [-0.05, 0) is 49.9 Å². The minimum Gasteiger partial charge on any atom is -0.352 e. The molecular weight excluding hydrogens is 338 g/mol. The third-order valence-corrected chi connectivity index (χ3v) is 5.06. The highest BCUT2D eigenvalue weighted by molar-refractivity contribution is 5.90. The van der Waals surface area contributed by atoms with E-state index in [-0.39, 0.29) is 17.9 Å². The summed E-state index contributed by atoms with van der Waals surface area (Å²) < 4.78 is 0. The number of rotatable bonds is 4. The van der Waals surface area contributed by atoms with Gasteiger partial charge in [-0.15, -0.1) is 0 Å². The van der Waals surface area contributed by atoms with E-state index in [1.807, 2.05) is 30.3 Å². The number of nitrogens with zero attached hydrogens (tertiary/aromatic N) is 1. The molecule has 3 amide bonds. The van der Waals surface area contributed by atoms with Gasteiger partial charge in [0.25, 0.3) is 0 Å². The fraction of sp³-hybridized carbons (Fsp3) is 0.364. The van der Waals surface area contributed by atoms with Crippen LogP contribution in [0.1, 0.15) is 29.5 Å². The summed E-state index contributed by atoms with van der Waals surface area (Å²) >= 11 is 0. The van der Waals surface area contributed by atoms with E-state index >= 15 is 0 Å². The summed E-state index contributed by atoms with van der Waals surface area (Å²) in [7, 11) is 0. The lowest BCUT2D eigenvalue weighted by Crippen LogP contribution is -2.46. The molecule has 0 aromatic heterocycles. The number of likely N-dealkylation sites (tertiary alicyclic amines) is 1. The van der Waals surface area contributed by atoms with Gasteiger partial charge in [-0.2, -0.15) is 0 Å². The molecule has 0 aliphatic carbocycles. The first kappa shape index (κ1) is 19.0. The van der Waals surface area contributed by atoms with Crippen LogP contribution in [0.2, 0.25) is 0 Å². The largest absolute Gasteiger partial charge is 0.352 e. The van der Waals surface area contributed by atoms with Crippen LogP contribution in [-0.2, 0) is 11.3 Å². The number of piperidine rings is 1. The molecule has 27 heavy (non-hydrogen) atoms. The number of urea groups is 1. The number of hydrogen-bond acceptors (Lipinski definition) is 2. The molecule has 1 fully saturated rings. The fourth-order valence-electron chi connectivity index (χ4n) is 3.47. The molecule has 2 aromatic carbocycles. The number of amides is 3. The Hall–Kier alpha value is -2.82. The molecule has 1 atom stereocenters. The molecule has 2 aromatic rings. The van der Waals surface area contributed by atoms with E-state index in [1.165, 1.54) is 11.1 Å². The van der Waals surface area contributed by atoms with Crippen molar-refractivity contribution >= 4 is 17.6 Å². The SMILES string of the molecule is Cc1ccc(CNC(=O)C2CCCN(C(=O)Nc3ccccc3)C2)c(C)c1. The molecule has 5 heteroatoms. The Labute approximate surface area is 160 Å². The second-order valence-corrected chi connectivity index (χ2v) is 7.23. The lowest BCUT2D eigenvalue weighted by Gasteiger charge is -2.32. The van der Waals surface area contributed by atoms with Gasteiger partial charge in [0.15, 0.2) is 0 Å². The molecular formula is C22H27N3O2. The van der Waals surface area contributed by atoms with Crippen LogP contribution < -0.4 is 10.6 Å². The number of carbonyl (C=O) groups is 2. The van der Waals surface area contributed by atoms with Gasteiger partial charge in [-0.3, -0.25) is 4.79 Å². The van der Waals surface area contributed by atoms with Crippen molar-refractivity contribution in [2.24, 2.45) is 5.92 Å². The van der Waals surface area contributed by atoms with Crippen molar-refractivity contribution in [3.63, 3.8) is 0 Å². The highest BCUT2D eigenvalue weighted by Gasteiger charge is 2.28. The van der Waals surface area contributed by atoms with Crippen molar-refractivity contribution < 1.29 is 9.59 Å². The summed E-state index contributed by atoms with van der Waals surface area (Å²) in [5.41, 5.74) is 4.30. The maximum atomic E-state index is 12.6. The van der Waals surface area contributed by atoms with Crippen molar-refractivity contribution in [2.75, 3.05) is 18.4 Å².